The normalized spacial score (nSPS) is 28.8. The molecule has 0 aliphatic heterocycles. The molecule has 0 bridgehead atoms. The molecule has 0 aromatic rings. The highest BCUT2D eigenvalue weighted by Gasteiger charge is 2.26. The van der Waals surface area contributed by atoms with Gasteiger partial charge in [-0.1, -0.05) is 6.92 Å². The van der Waals surface area contributed by atoms with Crippen molar-refractivity contribution >= 4 is 5.91 Å². The molecule has 0 radical (unpaired) electrons. The highest BCUT2D eigenvalue weighted by Crippen LogP contribution is 2.18. The van der Waals surface area contributed by atoms with Crippen LogP contribution in [0.3, 0.4) is 0 Å². The van der Waals surface area contributed by atoms with Gasteiger partial charge in [-0.3, -0.25) is 4.79 Å². The Hall–Kier alpha value is -0.570. The molecule has 0 saturated heterocycles. The van der Waals surface area contributed by atoms with E-state index in [1.165, 1.54) is 12.8 Å². The zero-order chi connectivity index (χ0) is 8.97. The third-order valence-electron chi connectivity index (χ3n) is 2.55. The van der Waals surface area contributed by atoms with Crippen LogP contribution in [-0.4, -0.2) is 25.0 Å². The van der Waals surface area contributed by atoms with Gasteiger partial charge in [0.2, 0.25) is 5.91 Å². The van der Waals surface area contributed by atoms with E-state index in [4.69, 9.17) is 0 Å². The minimum atomic E-state index is 0.169. The van der Waals surface area contributed by atoms with Gasteiger partial charge in [-0.05, 0) is 26.3 Å². The van der Waals surface area contributed by atoms with Crippen molar-refractivity contribution in [3.05, 3.63) is 0 Å². The van der Waals surface area contributed by atoms with Gasteiger partial charge in [0, 0.05) is 18.5 Å². The fraction of sp³-hybridized carbons (Fsp3) is 0.889. The number of rotatable bonds is 3. The first-order chi connectivity index (χ1) is 5.77. The van der Waals surface area contributed by atoms with Gasteiger partial charge >= 0.3 is 0 Å². The molecule has 3 heteroatoms. The van der Waals surface area contributed by atoms with Crippen molar-refractivity contribution in [3.8, 4) is 0 Å². The monoisotopic (exact) mass is 170 g/mol. The van der Waals surface area contributed by atoms with Crippen LogP contribution in [0.1, 0.15) is 32.6 Å². The topological polar surface area (TPSA) is 41.1 Å². The molecule has 70 valence electrons. The van der Waals surface area contributed by atoms with Crippen LogP contribution in [0.2, 0.25) is 0 Å². The molecule has 2 atom stereocenters. The summed E-state index contributed by atoms with van der Waals surface area (Å²) >= 11 is 0. The van der Waals surface area contributed by atoms with E-state index < -0.39 is 0 Å². The van der Waals surface area contributed by atoms with Crippen molar-refractivity contribution < 1.29 is 4.79 Å². The van der Waals surface area contributed by atoms with E-state index in [0.717, 1.165) is 6.42 Å². The second-order valence-electron chi connectivity index (χ2n) is 3.35. The molecule has 1 fully saturated rings. The second kappa shape index (κ2) is 4.45. The molecule has 0 heterocycles. The van der Waals surface area contributed by atoms with Gasteiger partial charge in [0.1, 0.15) is 0 Å². The van der Waals surface area contributed by atoms with Gasteiger partial charge in [-0.2, -0.15) is 0 Å². The zero-order valence-corrected chi connectivity index (χ0v) is 7.89. The number of nitrogens with one attached hydrogen (secondary N) is 2. The molecule has 0 spiro atoms. The minimum Gasteiger partial charge on any atom is -0.352 e. The molecular formula is C9H18N2O. The van der Waals surface area contributed by atoms with Crippen LogP contribution in [0.4, 0.5) is 0 Å². The minimum absolute atomic E-state index is 0.169. The summed E-state index contributed by atoms with van der Waals surface area (Å²) in [5, 5.41) is 6.26. The van der Waals surface area contributed by atoms with E-state index in [-0.39, 0.29) is 5.91 Å². The molecule has 1 aliphatic carbocycles. The Bertz CT molecular complexity index is 159. The van der Waals surface area contributed by atoms with Gasteiger partial charge in [-0.25, -0.2) is 0 Å². The van der Waals surface area contributed by atoms with Crippen molar-refractivity contribution in [2.45, 2.75) is 44.7 Å². The molecule has 12 heavy (non-hydrogen) atoms. The molecular weight excluding hydrogens is 152 g/mol. The highest BCUT2D eigenvalue weighted by molar-refractivity contribution is 5.75. The lowest BCUT2D eigenvalue weighted by atomic mass is 10.2. The van der Waals surface area contributed by atoms with E-state index in [1.54, 1.807) is 0 Å². The van der Waals surface area contributed by atoms with Gasteiger partial charge in [-0.15, -0.1) is 0 Å². The summed E-state index contributed by atoms with van der Waals surface area (Å²) in [7, 11) is 1.96. The third kappa shape index (κ3) is 2.21. The smallest absolute Gasteiger partial charge is 0.219 e. The van der Waals surface area contributed by atoms with Crippen LogP contribution in [0.5, 0.6) is 0 Å². The first-order valence-corrected chi connectivity index (χ1v) is 4.74. The number of carbonyl (C=O) groups is 1. The Kier molecular flexibility index (Phi) is 3.53. The van der Waals surface area contributed by atoms with E-state index >= 15 is 0 Å². The summed E-state index contributed by atoms with van der Waals surface area (Å²) in [5.41, 5.74) is 0. The summed E-state index contributed by atoms with van der Waals surface area (Å²) < 4.78 is 0. The number of hydrogen-bond acceptors (Lipinski definition) is 2. The standard InChI is InChI=1S/C9H18N2O/c1-3-9(12)11-8-6-4-5-7(8)10-2/h7-8,10H,3-6H2,1-2H3,(H,11,12)/t7-,8+/m0/s1. The van der Waals surface area contributed by atoms with E-state index in [2.05, 4.69) is 10.6 Å². The predicted molar refractivity (Wildman–Crippen MR) is 48.9 cm³/mol. The third-order valence-corrected chi connectivity index (χ3v) is 2.55. The molecule has 1 rings (SSSR count). The van der Waals surface area contributed by atoms with Crippen LogP contribution in [0, 0.1) is 0 Å². The number of amides is 1. The molecule has 1 saturated carbocycles. The Balaban J connectivity index is 2.35. The number of hydrogen-bond donors (Lipinski definition) is 2. The SMILES string of the molecule is CCC(=O)N[C@@H]1CCC[C@@H]1NC. The van der Waals surface area contributed by atoms with E-state index in [0.29, 0.717) is 18.5 Å². The van der Waals surface area contributed by atoms with E-state index in [9.17, 15) is 4.79 Å². The Morgan fingerprint density at radius 2 is 2.08 bits per heavy atom. The lowest BCUT2D eigenvalue weighted by Crippen LogP contribution is -2.45. The molecule has 3 nitrogen and oxygen atoms in total. The van der Waals surface area contributed by atoms with Crippen molar-refractivity contribution in [3.63, 3.8) is 0 Å². The number of carbonyl (C=O) groups excluding carboxylic acids is 1. The average Bonchev–Trinajstić information content (AvgIpc) is 2.51. The fourth-order valence-electron chi connectivity index (χ4n) is 1.79. The molecule has 0 aromatic heterocycles. The molecule has 1 amide bonds. The lowest BCUT2D eigenvalue weighted by Gasteiger charge is -2.19. The van der Waals surface area contributed by atoms with Gasteiger partial charge < -0.3 is 10.6 Å². The van der Waals surface area contributed by atoms with Gasteiger partial charge in [0.25, 0.3) is 0 Å². The summed E-state index contributed by atoms with van der Waals surface area (Å²) in [4.78, 5) is 11.1. The Labute approximate surface area is 73.9 Å². The fourth-order valence-corrected chi connectivity index (χ4v) is 1.79. The first-order valence-electron chi connectivity index (χ1n) is 4.74. The van der Waals surface area contributed by atoms with Crippen LogP contribution >= 0.6 is 0 Å². The average molecular weight is 170 g/mol. The van der Waals surface area contributed by atoms with Gasteiger partial charge in [0.15, 0.2) is 0 Å². The molecule has 0 aromatic carbocycles. The second-order valence-corrected chi connectivity index (χ2v) is 3.35. The maximum atomic E-state index is 11.1. The first kappa shape index (κ1) is 9.52. The summed E-state index contributed by atoms with van der Waals surface area (Å²) in [5.74, 6) is 0.169. The van der Waals surface area contributed by atoms with Crippen molar-refractivity contribution in [1.82, 2.24) is 10.6 Å². The van der Waals surface area contributed by atoms with Crippen molar-refractivity contribution in [1.29, 1.82) is 0 Å². The van der Waals surface area contributed by atoms with Crippen LogP contribution in [0.25, 0.3) is 0 Å². The van der Waals surface area contributed by atoms with E-state index in [1.807, 2.05) is 14.0 Å². The summed E-state index contributed by atoms with van der Waals surface area (Å²) in [6.07, 6.45) is 4.12. The van der Waals surface area contributed by atoms with Crippen LogP contribution < -0.4 is 10.6 Å². The quantitative estimate of drug-likeness (QED) is 0.653. The van der Waals surface area contributed by atoms with Crippen molar-refractivity contribution in [2.75, 3.05) is 7.05 Å². The molecule has 0 unspecified atom stereocenters. The maximum Gasteiger partial charge on any atom is 0.219 e. The summed E-state index contributed by atoms with van der Waals surface area (Å²) in [6, 6.07) is 0.850. The Morgan fingerprint density at radius 3 is 2.67 bits per heavy atom. The highest BCUT2D eigenvalue weighted by atomic mass is 16.1. The van der Waals surface area contributed by atoms with Gasteiger partial charge in [0.05, 0.1) is 0 Å². The Morgan fingerprint density at radius 1 is 1.42 bits per heavy atom. The zero-order valence-electron chi connectivity index (χ0n) is 7.89. The van der Waals surface area contributed by atoms with Crippen LogP contribution in [-0.2, 0) is 4.79 Å². The van der Waals surface area contributed by atoms with Crippen molar-refractivity contribution in [2.24, 2.45) is 0 Å². The van der Waals surface area contributed by atoms with Crippen LogP contribution in [0.15, 0.2) is 0 Å². The maximum absolute atomic E-state index is 11.1. The molecule has 1 aliphatic rings. The molecule has 2 N–H and O–H groups in total. The summed E-state index contributed by atoms with van der Waals surface area (Å²) in [6.45, 7) is 1.89. The number of likely N-dealkylation sites (N-methyl/N-ethyl adjacent to an activating group) is 1. The lowest BCUT2D eigenvalue weighted by molar-refractivity contribution is -0.121. The predicted octanol–water partition coefficient (Wildman–Crippen LogP) is 0.653. The largest absolute Gasteiger partial charge is 0.352 e.